The van der Waals surface area contributed by atoms with Gasteiger partial charge < -0.3 is 19.9 Å². The molecule has 1 N–H and O–H groups in total. The number of rotatable bonds is 8. The molecule has 1 atom stereocenters. The molecule has 0 radical (unpaired) electrons. The van der Waals surface area contributed by atoms with Crippen molar-refractivity contribution in [3.63, 3.8) is 0 Å². The Morgan fingerprint density at radius 1 is 1.08 bits per heavy atom. The van der Waals surface area contributed by atoms with Gasteiger partial charge in [-0.3, -0.25) is 14.3 Å². The monoisotopic (exact) mass is 522 g/mol. The van der Waals surface area contributed by atoms with E-state index in [2.05, 4.69) is 25.3 Å². The minimum atomic E-state index is -2.82. The average molecular weight is 523 g/mol. The van der Waals surface area contributed by atoms with Crippen LogP contribution in [0.5, 0.6) is 0 Å². The first kappa shape index (κ1) is 25.5. The van der Waals surface area contributed by atoms with E-state index in [0.29, 0.717) is 49.7 Å². The minimum absolute atomic E-state index is 0.147. The van der Waals surface area contributed by atoms with Crippen LogP contribution in [0.15, 0.2) is 54.7 Å². The van der Waals surface area contributed by atoms with E-state index in [1.54, 1.807) is 55.4 Å². The number of carbonyl (C=O) groups excluding carboxylic acids is 1. The van der Waals surface area contributed by atoms with Gasteiger partial charge in [0.15, 0.2) is 5.82 Å². The van der Waals surface area contributed by atoms with Crippen LogP contribution in [0.25, 0.3) is 16.9 Å². The minimum Gasteiger partial charge on any atom is -0.378 e. The zero-order valence-electron chi connectivity index (χ0n) is 21.1. The second-order valence-electron chi connectivity index (χ2n) is 8.98. The molecule has 0 bridgehead atoms. The maximum Gasteiger partial charge on any atom is 0.296 e. The van der Waals surface area contributed by atoms with Crippen LogP contribution in [-0.2, 0) is 16.1 Å². The number of benzene rings is 1. The van der Waals surface area contributed by atoms with E-state index in [0.717, 1.165) is 5.69 Å². The second kappa shape index (κ2) is 11.1. The normalized spacial score (nSPS) is 14.6. The van der Waals surface area contributed by atoms with Crippen LogP contribution in [0.2, 0.25) is 0 Å². The molecule has 3 aromatic heterocycles. The number of carbonyl (C=O) groups is 1. The highest BCUT2D eigenvalue weighted by Crippen LogP contribution is 2.29. The molecule has 10 nitrogen and oxygen atoms in total. The molecule has 1 aliphatic rings. The van der Waals surface area contributed by atoms with Crippen LogP contribution < -0.4 is 10.2 Å². The van der Waals surface area contributed by atoms with E-state index in [9.17, 15) is 13.6 Å². The zero-order chi connectivity index (χ0) is 26.6. The van der Waals surface area contributed by atoms with Gasteiger partial charge in [0, 0.05) is 32.4 Å². The van der Waals surface area contributed by atoms with Crippen molar-refractivity contribution in [3.05, 3.63) is 66.2 Å². The molecular weight excluding hydrogens is 494 g/mol. The molecule has 38 heavy (non-hydrogen) atoms. The Labute approximate surface area is 218 Å². The molecule has 1 aliphatic heterocycles. The Morgan fingerprint density at radius 3 is 2.55 bits per heavy atom. The number of pyridine rings is 1. The number of amides is 1. The van der Waals surface area contributed by atoms with Crippen molar-refractivity contribution < 1.29 is 18.3 Å². The third-order valence-corrected chi connectivity index (χ3v) is 6.26. The Bertz CT molecular complexity index is 1410. The lowest BCUT2D eigenvalue weighted by Gasteiger charge is -2.29. The molecule has 0 spiro atoms. The summed E-state index contributed by atoms with van der Waals surface area (Å²) in [5.74, 6) is 0.311. The first-order chi connectivity index (χ1) is 18.4. The van der Waals surface area contributed by atoms with Crippen molar-refractivity contribution in [2.45, 2.75) is 25.9 Å². The maximum absolute atomic E-state index is 14.1. The van der Waals surface area contributed by atoms with Crippen molar-refractivity contribution in [2.24, 2.45) is 0 Å². The van der Waals surface area contributed by atoms with Gasteiger partial charge in [-0.25, -0.2) is 13.8 Å². The molecule has 198 valence electrons. The van der Waals surface area contributed by atoms with Gasteiger partial charge in [0.25, 0.3) is 6.43 Å². The van der Waals surface area contributed by atoms with E-state index >= 15 is 0 Å². The van der Waals surface area contributed by atoms with E-state index < -0.39 is 18.3 Å². The van der Waals surface area contributed by atoms with E-state index in [1.807, 2.05) is 23.1 Å². The van der Waals surface area contributed by atoms with Gasteiger partial charge in [-0.1, -0.05) is 18.2 Å². The zero-order valence-corrected chi connectivity index (χ0v) is 21.1. The van der Waals surface area contributed by atoms with Crippen LogP contribution >= 0.6 is 0 Å². The number of hydrogen-bond acceptors (Lipinski definition) is 8. The number of nitrogens with one attached hydrogen (secondary N) is 1. The molecule has 12 heteroatoms. The molecule has 0 unspecified atom stereocenters. The smallest absolute Gasteiger partial charge is 0.296 e. The molecule has 4 aromatic rings. The Hall–Kier alpha value is -4.19. The number of likely N-dealkylation sites (N-methyl/N-ethyl adjacent to an activating group) is 1. The van der Waals surface area contributed by atoms with Crippen molar-refractivity contribution in [2.75, 3.05) is 43.6 Å². The number of imidazole rings is 1. The molecule has 0 saturated carbocycles. The van der Waals surface area contributed by atoms with Gasteiger partial charge in [-0.2, -0.15) is 9.97 Å². The number of para-hydroxylation sites is 2. The SMILES string of the molecule is C[C@H](Nc1nc(N2CCOCC2)cc(-n2c(C(F)F)nc3ccccc32)n1)C(=O)N(C)Cc1ccccn1. The van der Waals surface area contributed by atoms with Gasteiger partial charge in [0.2, 0.25) is 11.9 Å². The average Bonchev–Trinajstić information content (AvgIpc) is 3.34. The summed E-state index contributed by atoms with van der Waals surface area (Å²) in [5.41, 5.74) is 1.69. The summed E-state index contributed by atoms with van der Waals surface area (Å²) in [6.45, 7) is 4.26. The molecular formula is C26H28F2N8O2. The maximum atomic E-state index is 14.1. The summed E-state index contributed by atoms with van der Waals surface area (Å²) < 4.78 is 34.9. The molecule has 1 amide bonds. The fourth-order valence-corrected chi connectivity index (χ4v) is 4.39. The van der Waals surface area contributed by atoms with E-state index in [4.69, 9.17) is 4.74 Å². The highest BCUT2D eigenvalue weighted by molar-refractivity contribution is 5.83. The van der Waals surface area contributed by atoms with Crippen molar-refractivity contribution in [3.8, 4) is 5.82 Å². The fraction of sp³-hybridized carbons (Fsp3) is 0.346. The summed E-state index contributed by atoms with van der Waals surface area (Å²) in [7, 11) is 1.69. The molecule has 1 fully saturated rings. The Balaban J connectivity index is 1.49. The molecule has 1 saturated heterocycles. The fourth-order valence-electron chi connectivity index (χ4n) is 4.39. The molecule has 0 aliphatic carbocycles. The predicted molar refractivity (Wildman–Crippen MR) is 138 cm³/mol. The number of nitrogens with zero attached hydrogens (tertiary/aromatic N) is 7. The highest BCUT2D eigenvalue weighted by atomic mass is 19.3. The summed E-state index contributed by atoms with van der Waals surface area (Å²) >= 11 is 0. The molecule has 4 heterocycles. The summed E-state index contributed by atoms with van der Waals surface area (Å²) in [6.07, 6.45) is -1.14. The third-order valence-electron chi connectivity index (χ3n) is 6.26. The topological polar surface area (TPSA) is 101 Å². The van der Waals surface area contributed by atoms with Gasteiger partial charge in [0.05, 0.1) is 36.5 Å². The Kier molecular flexibility index (Phi) is 7.40. The first-order valence-electron chi connectivity index (χ1n) is 12.3. The van der Waals surface area contributed by atoms with Crippen molar-refractivity contribution in [1.82, 2.24) is 29.4 Å². The van der Waals surface area contributed by atoms with Crippen molar-refractivity contribution in [1.29, 1.82) is 0 Å². The largest absolute Gasteiger partial charge is 0.378 e. The number of halogens is 2. The number of morpholine rings is 1. The number of aromatic nitrogens is 5. The second-order valence-corrected chi connectivity index (χ2v) is 8.98. The summed E-state index contributed by atoms with van der Waals surface area (Å²) in [6, 6.07) is 13.4. The number of ether oxygens (including phenoxy) is 1. The highest BCUT2D eigenvalue weighted by Gasteiger charge is 2.25. The number of alkyl halides is 2. The van der Waals surface area contributed by atoms with Crippen LogP contribution in [0.3, 0.4) is 0 Å². The van der Waals surface area contributed by atoms with Gasteiger partial charge >= 0.3 is 0 Å². The number of fused-ring (bicyclic) bond motifs is 1. The van der Waals surface area contributed by atoms with Crippen molar-refractivity contribution >= 4 is 28.7 Å². The van der Waals surface area contributed by atoms with Gasteiger partial charge in [-0.05, 0) is 31.2 Å². The van der Waals surface area contributed by atoms with Gasteiger partial charge in [-0.15, -0.1) is 0 Å². The van der Waals surface area contributed by atoms with E-state index in [-0.39, 0.29) is 17.7 Å². The van der Waals surface area contributed by atoms with Crippen LogP contribution in [0, 0.1) is 0 Å². The number of hydrogen-bond donors (Lipinski definition) is 1. The number of anilines is 2. The lowest BCUT2D eigenvalue weighted by atomic mass is 10.2. The standard InChI is InChI=1S/C26H28F2N8O2/c1-17(25(37)34(2)16-18-7-5-6-10-29-18)30-26-32-21(35-11-13-38-14-12-35)15-22(33-26)36-20-9-4-3-8-19(20)31-24(36)23(27)28/h3-10,15,17,23H,11-14,16H2,1-2H3,(H,30,32,33)/t17-/m0/s1. The lowest BCUT2D eigenvalue weighted by Crippen LogP contribution is -2.39. The van der Waals surface area contributed by atoms with Gasteiger partial charge in [0.1, 0.15) is 17.7 Å². The molecule has 5 rings (SSSR count). The third kappa shape index (κ3) is 5.40. The Morgan fingerprint density at radius 2 is 1.82 bits per heavy atom. The van der Waals surface area contributed by atoms with Crippen LogP contribution in [0.4, 0.5) is 20.5 Å². The summed E-state index contributed by atoms with van der Waals surface area (Å²) in [4.78, 5) is 34.3. The molecule has 1 aromatic carbocycles. The van der Waals surface area contributed by atoms with Crippen LogP contribution in [-0.4, -0.2) is 74.7 Å². The van der Waals surface area contributed by atoms with E-state index in [1.165, 1.54) is 4.57 Å². The summed E-state index contributed by atoms with van der Waals surface area (Å²) in [5, 5.41) is 3.07. The lowest BCUT2D eigenvalue weighted by molar-refractivity contribution is -0.130. The first-order valence-corrected chi connectivity index (χ1v) is 12.3. The quantitative estimate of drug-likeness (QED) is 0.376. The predicted octanol–water partition coefficient (Wildman–Crippen LogP) is 3.44. The van der Waals surface area contributed by atoms with Crippen LogP contribution in [0.1, 0.15) is 24.9 Å².